The van der Waals surface area contributed by atoms with Crippen molar-refractivity contribution < 1.29 is 9.63 Å². The Labute approximate surface area is 162 Å². The molecule has 0 radical (unpaired) electrons. The second-order valence-electron chi connectivity index (χ2n) is 7.56. The molecule has 2 atom stereocenters. The van der Waals surface area contributed by atoms with E-state index >= 15 is 0 Å². The van der Waals surface area contributed by atoms with Crippen molar-refractivity contribution in [1.29, 1.82) is 0 Å². The second kappa shape index (κ2) is 7.24. The zero-order valence-corrected chi connectivity index (χ0v) is 16.3. The van der Waals surface area contributed by atoms with Gasteiger partial charge in [0, 0.05) is 23.9 Å². The summed E-state index contributed by atoms with van der Waals surface area (Å²) in [6, 6.07) is 10.7. The van der Waals surface area contributed by atoms with E-state index in [4.69, 9.17) is 4.84 Å². The molecule has 0 aliphatic carbocycles. The molecule has 0 spiro atoms. The number of piperidine rings is 1. The minimum Gasteiger partial charge on any atom is -0.363 e. The molecule has 1 fully saturated rings. The van der Waals surface area contributed by atoms with Crippen LogP contribution in [0.15, 0.2) is 41.2 Å². The first kappa shape index (κ1) is 18.4. The summed E-state index contributed by atoms with van der Waals surface area (Å²) in [5, 5.41) is 4.90. The van der Waals surface area contributed by atoms with Gasteiger partial charge in [0.25, 0.3) is 5.56 Å². The van der Waals surface area contributed by atoms with Crippen molar-refractivity contribution in [2.45, 2.75) is 39.7 Å². The molecule has 1 aliphatic heterocycles. The molecule has 1 aliphatic rings. The van der Waals surface area contributed by atoms with Gasteiger partial charge in [0.2, 0.25) is 0 Å². The first-order valence-electron chi connectivity index (χ1n) is 9.57. The maximum absolute atomic E-state index is 12.5. The summed E-state index contributed by atoms with van der Waals surface area (Å²) in [4.78, 5) is 35.3. The first-order chi connectivity index (χ1) is 13.4. The molecule has 1 N–H and O–H groups in total. The number of rotatable bonds is 3. The predicted molar refractivity (Wildman–Crippen MR) is 105 cm³/mol. The number of nitrogens with zero attached hydrogens (tertiary/aromatic N) is 3. The number of carbonyl (C=O) groups is 1. The lowest BCUT2D eigenvalue weighted by Gasteiger charge is -2.35. The number of hydroxylamine groups is 2. The zero-order chi connectivity index (χ0) is 19.8. The molecule has 2 unspecified atom stereocenters. The van der Waals surface area contributed by atoms with Gasteiger partial charge in [-0.1, -0.05) is 25.1 Å². The highest BCUT2D eigenvalue weighted by molar-refractivity contribution is 5.89. The molecule has 3 aromatic rings. The number of benzene rings is 1. The summed E-state index contributed by atoms with van der Waals surface area (Å²) in [5.74, 6) is 0.106. The van der Waals surface area contributed by atoms with Crippen LogP contribution in [-0.2, 0) is 4.84 Å². The van der Waals surface area contributed by atoms with Crippen LogP contribution in [0.3, 0.4) is 0 Å². The van der Waals surface area contributed by atoms with Crippen molar-refractivity contribution in [3.8, 4) is 0 Å². The highest BCUT2D eigenvalue weighted by Gasteiger charge is 2.32. The van der Waals surface area contributed by atoms with E-state index in [1.807, 2.05) is 31.2 Å². The summed E-state index contributed by atoms with van der Waals surface area (Å²) in [7, 11) is 0. The summed E-state index contributed by atoms with van der Waals surface area (Å²) in [6.07, 6.45) is 1.76. The number of aromatic amines is 1. The van der Waals surface area contributed by atoms with Crippen molar-refractivity contribution in [3.63, 3.8) is 0 Å². The summed E-state index contributed by atoms with van der Waals surface area (Å²) in [5.41, 5.74) is 3.15. The lowest BCUT2D eigenvalue weighted by molar-refractivity contribution is -0.160. The first-order valence-corrected chi connectivity index (χ1v) is 9.57. The molecule has 1 aromatic carbocycles. The Kier molecular flexibility index (Phi) is 4.77. The van der Waals surface area contributed by atoms with E-state index in [-0.39, 0.29) is 17.6 Å². The highest BCUT2D eigenvalue weighted by atomic mass is 16.7. The van der Waals surface area contributed by atoms with E-state index in [0.29, 0.717) is 29.2 Å². The van der Waals surface area contributed by atoms with Gasteiger partial charge in [0.15, 0.2) is 5.65 Å². The highest BCUT2D eigenvalue weighted by Crippen LogP contribution is 2.34. The van der Waals surface area contributed by atoms with Crippen LogP contribution in [0.5, 0.6) is 0 Å². The van der Waals surface area contributed by atoms with Gasteiger partial charge in [-0.05, 0) is 44.7 Å². The van der Waals surface area contributed by atoms with Crippen LogP contribution in [0, 0.1) is 19.8 Å². The Bertz CT molecular complexity index is 1070. The molecule has 28 heavy (non-hydrogen) atoms. The van der Waals surface area contributed by atoms with E-state index in [2.05, 4.69) is 17.0 Å². The molecule has 7 nitrogen and oxygen atoms in total. The number of aromatic nitrogens is 3. The number of fused-ring (bicyclic) bond motifs is 1. The summed E-state index contributed by atoms with van der Waals surface area (Å²) in [6.45, 7) is 6.43. The van der Waals surface area contributed by atoms with Crippen LogP contribution < -0.4 is 5.56 Å². The normalized spacial score (nSPS) is 20.4. The molecular formula is C21H24N4O3. The molecule has 0 saturated carbocycles. The van der Waals surface area contributed by atoms with Crippen molar-refractivity contribution in [2.75, 3.05) is 6.54 Å². The molecule has 4 rings (SSSR count). The number of hydrogen-bond donors (Lipinski definition) is 1. The largest absolute Gasteiger partial charge is 0.363 e. The van der Waals surface area contributed by atoms with Crippen LogP contribution in [0.2, 0.25) is 0 Å². The van der Waals surface area contributed by atoms with Crippen LogP contribution in [0.1, 0.15) is 53.1 Å². The SMILES string of the molecule is Cc1nc2cc(C3CC(C)CCN3OC(=O)c3ccccc3)[nH]n2c(=O)c1C. The Hall–Kier alpha value is -2.93. The van der Waals surface area contributed by atoms with E-state index in [1.54, 1.807) is 24.1 Å². The third-order valence-electron chi connectivity index (χ3n) is 5.49. The van der Waals surface area contributed by atoms with Crippen LogP contribution in [0.25, 0.3) is 5.65 Å². The molecule has 0 amide bonds. The van der Waals surface area contributed by atoms with Gasteiger partial charge in [-0.3, -0.25) is 9.89 Å². The predicted octanol–water partition coefficient (Wildman–Crippen LogP) is 3.18. The zero-order valence-electron chi connectivity index (χ0n) is 16.3. The Balaban J connectivity index is 1.67. The number of hydrogen-bond acceptors (Lipinski definition) is 5. The summed E-state index contributed by atoms with van der Waals surface area (Å²) < 4.78 is 1.47. The van der Waals surface area contributed by atoms with Gasteiger partial charge in [0.05, 0.1) is 17.3 Å². The molecule has 1 saturated heterocycles. The molecule has 0 bridgehead atoms. The fourth-order valence-corrected chi connectivity index (χ4v) is 3.65. The van der Waals surface area contributed by atoms with Crippen molar-refractivity contribution in [1.82, 2.24) is 19.7 Å². The Morgan fingerprint density at radius 3 is 2.75 bits per heavy atom. The third kappa shape index (κ3) is 3.33. The topological polar surface area (TPSA) is 79.7 Å². The third-order valence-corrected chi connectivity index (χ3v) is 5.49. The standard InChI is InChI=1S/C21H24N4O3/c1-13-9-10-24(28-21(27)16-7-5-4-6-8-16)18(11-13)17-12-19-22-15(3)14(2)20(26)25(19)23-17/h4-8,12-13,18,23H,9-11H2,1-3H3. The lowest BCUT2D eigenvalue weighted by Crippen LogP contribution is -2.38. The van der Waals surface area contributed by atoms with E-state index < -0.39 is 0 Å². The van der Waals surface area contributed by atoms with Crippen molar-refractivity contribution >= 4 is 11.6 Å². The Morgan fingerprint density at radius 1 is 1.25 bits per heavy atom. The number of carbonyl (C=O) groups excluding carboxylic acids is 1. The van der Waals surface area contributed by atoms with Gasteiger partial charge in [-0.25, -0.2) is 14.3 Å². The number of aryl methyl sites for hydroxylation is 1. The molecule has 3 heterocycles. The van der Waals surface area contributed by atoms with E-state index in [0.717, 1.165) is 24.2 Å². The van der Waals surface area contributed by atoms with Crippen LogP contribution >= 0.6 is 0 Å². The van der Waals surface area contributed by atoms with Gasteiger partial charge >= 0.3 is 5.97 Å². The van der Waals surface area contributed by atoms with Crippen molar-refractivity contribution in [3.05, 3.63) is 69.3 Å². The van der Waals surface area contributed by atoms with Gasteiger partial charge < -0.3 is 4.84 Å². The molecule has 146 valence electrons. The Morgan fingerprint density at radius 2 is 2.00 bits per heavy atom. The van der Waals surface area contributed by atoms with E-state index in [9.17, 15) is 9.59 Å². The quantitative estimate of drug-likeness (QED) is 0.755. The minimum atomic E-state index is -0.377. The summed E-state index contributed by atoms with van der Waals surface area (Å²) >= 11 is 0. The number of H-pyrrole nitrogens is 1. The second-order valence-corrected chi connectivity index (χ2v) is 7.56. The van der Waals surface area contributed by atoms with Crippen molar-refractivity contribution in [2.24, 2.45) is 5.92 Å². The van der Waals surface area contributed by atoms with E-state index in [1.165, 1.54) is 4.52 Å². The fourth-order valence-electron chi connectivity index (χ4n) is 3.65. The smallest absolute Gasteiger partial charge is 0.357 e. The lowest BCUT2D eigenvalue weighted by atomic mass is 9.92. The molecule has 2 aromatic heterocycles. The molecular weight excluding hydrogens is 356 g/mol. The van der Waals surface area contributed by atoms with Gasteiger partial charge in [-0.15, -0.1) is 5.06 Å². The maximum atomic E-state index is 12.5. The van der Waals surface area contributed by atoms with Gasteiger partial charge in [0.1, 0.15) is 0 Å². The van der Waals surface area contributed by atoms with Gasteiger partial charge in [-0.2, -0.15) is 0 Å². The number of nitrogens with one attached hydrogen (secondary N) is 1. The average molecular weight is 380 g/mol. The fraction of sp³-hybridized carbons (Fsp3) is 0.381. The minimum absolute atomic E-state index is 0.106. The molecule has 7 heteroatoms. The monoisotopic (exact) mass is 380 g/mol. The van der Waals surface area contributed by atoms with Crippen LogP contribution in [0.4, 0.5) is 0 Å². The maximum Gasteiger partial charge on any atom is 0.357 e. The average Bonchev–Trinajstić information content (AvgIpc) is 3.12. The van der Waals surface area contributed by atoms with Crippen LogP contribution in [-0.4, -0.2) is 32.2 Å².